The van der Waals surface area contributed by atoms with E-state index in [-0.39, 0.29) is 11.2 Å². The monoisotopic (exact) mass is 368 g/mol. The molecule has 0 radical (unpaired) electrons. The normalized spacial score (nSPS) is 15.4. The molecule has 0 heterocycles. The van der Waals surface area contributed by atoms with Gasteiger partial charge in [-0.15, -0.1) is 0 Å². The minimum atomic E-state index is -0.400. The number of rotatable bonds is 5. The molecule has 0 saturated carbocycles. The summed E-state index contributed by atoms with van der Waals surface area (Å²) in [4.78, 5) is 12.1. The topological polar surface area (TPSA) is 35.5 Å². The van der Waals surface area contributed by atoms with Crippen LogP contribution in [0.1, 0.15) is 49.5 Å². The minimum Gasteiger partial charge on any atom is -0.494 e. The van der Waals surface area contributed by atoms with Crippen LogP contribution in [0.3, 0.4) is 0 Å². The SMILES string of the molecule is CCOc1ccc(F)c(-c2ccc(C(=O)OC)cc2C2=CCCC2(C)C)c1. The van der Waals surface area contributed by atoms with Crippen molar-refractivity contribution >= 4 is 11.5 Å². The fourth-order valence-electron chi connectivity index (χ4n) is 3.68. The Morgan fingerprint density at radius 1 is 1.11 bits per heavy atom. The van der Waals surface area contributed by atoms with Gasteiger partial charge in [-0.1, -0.05) is 26.0 Å². The van der Waals surface area contributed by atoms with Crippen molar-refractivity contribution in [2.45, 2.75) is 33.6 Å². The van der Waals surface area contributed by atoms with E-state index in [2.05, 4.69) is 19.9 Å². The second-order valence-electron chi connectivity index (χ2n) is 7.37. The summed E-state index contributed by atoms with van der Waals surface area (Å²) in [5.74, 6) is -0.0961. The van der Waals surface area contributed by atoms with Crippen molar-refractivity contribution in [3.05, 3.63) is 59.4 Å². The summed E-state index contributed by atoms with van der Waals surface area (Å²) >= 11 is 0. The largest absolute Gasteiger partial charge is 0.494 e. The van der Waals surface area contributed by atoms with E-state index in [4.69, 9.17) is 9.47 Å². The third-order valence-corrected chi connectivity index (χ3v) is 5.12. The molecule has 27 heavy (non-hydrogen) atoms. The van der Waals surface area contributed by atoms with Gasteiger partial charge in [-0.25, -0.2) is 9.18 Å². The first-order valence-corrected chi connectivity index (χ1v) is 9.23. The molecule has 0 aliphatic heterocycles. The minimum absolute atomic E-state index is 0.0441. The molecule has 4 heteroatoms. The molecule has 1 aliphatic carbocycles. The number of methoxy groups -OCH3 is 1. The zero-order valence-electron chi connectivity index (χ0n) is 16.3. The van der Waals surface area contributed by atoms with E-state index in [0.29, 0.717) is 23.5 Å². The quantitative estimate of drug-likeness (QED) is 0.618. The molecule has 0 bridgehead atoms. The highest BCUT2D eigenvalue weighted by Crippen LogP contribution is 2.47. The lowest BCUT2D eigenvalue weighted by Crippen LogP contribution is -2.11. The number of hydrogen-bond acceptors (Lipinski definition) is 3. The molecule has 0 unspecified atom stereocenters. The summed E-state index contributed by atoms with van der Waals surface area (Å²) < 4.78 is 25.1. The van der Waals surface area contributed by atoms with Crippen LogP contribution >= 0.6 is 0 Å². The van der Waals surface area contributed by atoms with Gasteiger partial charge in [0, 0.05) is 5.56 Å². The van der Waals surface area contributed by atoms with Gasteiger partial charge in [-0.05, 0) is 72.2 Å². The molecule has 142 valence electrons. The van der Waals surface area contributed by atoms with Crippen LogP contribution in [0.5, 0.6) is 5.75 Å². The fourth-order valence-corrected chi connectivity index (χ4v) is 3.68. The van der Waals surface area contributed by atoms with Crippen molar-refractivity contribution in [1.29, 1.82) is 0 Å². The van der Waals surface area contributed by atoms with Gasteiger partial charge in [0.05, 0.1) is 19.3 Å². The Balaban J connectivity index is 2.21. The number of hydrogen-bond donors (Lipinski definition) is 0. The number of benzene rings is 2. The van der Waals surface area contributed by atoms with Gasteiger partial charge in [0.2, 0.25) is 0 Å². The van der Waals surface area contributed by atoms with Crippen molar-refractivity contribution in [2.24, 2.45) is 5.41 Å². The number of halogens is 1. The summed E-state index contributed by atoms with van der Waals surface area (Å²) in [6.45, 7) is 6.75. The van der Waals surface area contributed by atoms with Crippen molar-refractivity contribution in [3.63, 3.8) is 0 Å². The summed E-state index contributed by atoms with van der Waals surface area (Å²) in [6, 6.07) is 10.1. The maximum atomic E-state index is 14.7. The second-order valence-corrected chi connectivity index (χ2v) is 7.37. The van der Waals surface area contributed by atoms with Gasteiger partial charge in [0.25, 0.3) is 0 Å². The molecule has 3 nitrogen and oxygen atoms in total. The standard InChI is InChI=1S/C23H25FO3/c1-5-27-16-9-11-21(24)19(14-16)17-10-8-15(22(25)26-4)13-18(17)20-7-6-12-23(20,2)3/h7-11,13-14H,5-6,12H2,1-4H3. The van der Waals surface area contributed by atoms with Gasteiger partial charge < -0.3 is 9.47 Å². The molecule has 1 aliphatic rings. The predicted octanol–water partition coefficient (Wildman–Crippen LogP) is 5.88. The highest BCUT2D eigenvalue weighted by Gasteiger charge is 2.30. The first kappa shape index (κ1) is 19.2. The first-order valence-electron chi connectivity index (χ1n) is 9.23. The maximum Gasteiger partial charge on any atom is 0.337 e. The smallest absolute Gasteiger partial charge is 0.337 e. The molecule has 0 N–H and O–H groups in total. The van der Waals surface area contributed by atoms with Crippen LogP contribution < -0.4 is 4.74 Å². The van der Waals surface area contributed by atoms with Gasteiger partial charge in [0.15, 0.2) is 0 Å². The zero-order valence-corrected chi connectivity index (χ0v) is 16.3. The lowest BCUT2D eigenvalue weighted by molar-refractivity contribution is 0.0600. The van der Waals surface area contributed by atoms with E-state index in [1.807, 2.05) is 13.0 Å². The molecular formula is C23H25FO3. The van der Waals surface area contributed by atoms with Crippen molar-refractivity contribution in [2.75, 3.05) is 13.7 Å². The lowest BCUT2D eigenvalue weighted by Gasteiger charge is -2.25. The number of carbonyl (C=O) groups excluding carboxylic acids is 1. The van der Waals surface area contributed by atoms with E-state index in [1.165, 1.54) is 13.2 Å². The maximum absolute atomic E-state index is 14.7. The lowest BCUT2D eigenvalue weighted by atomic mass is 9.79. The van der Waals surface area contributed by atoms with Crippen LogP contribution in [-0.2, 0) is 4.74 Å². The highest BCUT2D eigenvalue weighted by molar-refractivity contribution is 5.94. The highest BCUT2D eigenvalue weighted by atomic mass is 19.1. The Morgan fingerprint density at radius 2 is 1.89 bits per heavy atom. The number of allylic oxidation sites excluding steroid dienone is 2. The molecule has 0 aromatic heterocycles. The average molecular weight is 368 g/mol. The number of esters is 1. The average Bonchev–Trinajstić information content (AvgIpc) is 3.01. The molecule has 0 amide bonds. The summed E-state index contributed by atoms with van der Waals surface area (Å²) in [7, 11) is 1.36. The predicted molar refractivity (Wildman–Crippen MR) is 105 cm³/mol. The zero-order chi connectivity index (χ0) is 19.6. The van der Waals surface area contributed by atoms with Crippen LogP contribution in [0, 0.1) is 11.2 Å². The Labute approximate surface area is 159 Å². The summed E-state index contributed by atoms with van der Waals surface area (Å²) in [5.41, 5.74) is 3.63. The Bertz CT molecular complexity index is 896. The van der Waals surface area contributed by atoms with Gasteiger partial charge in [0.1, 0.15) is 11.6 Å². The van der Waals surface area contributed by atoms with Crippen molar-refractivity contribution in [3.8, 4) is 16.9 Å². The van der Waals surface area contributed by atoms with E-state index in [9.17, 15) is 9.18 Å². The van der Waals surface area contributed by atoms with Crippen LogP contribution in [0.15, 0.2) is 42.5 Å². The van der Waals surface area contributed by atoms with Crippen LogP contribution in [0.25, 0.3) is 16.7 Å². The van der Waals surface area contributed by atoms with E-state index < -0.39 is 5.97 Å². The van der Waals surface area contributed by atoms with Crippen LogP contribution in [-0.4, -0.2) is 19.7 Å². The molecule has 0 saturated heterocycles. The summed E-state index contributed by atoms with van der Waals surface area (Å²) in [5, 5.41) is 0. The Kier molecular flexibility index (Phi) is 5.36. The molecule has 0 spiro atoms. The van der Waals surface area contributed by atoms with Gasteiger partial charge in [-0.2, -0.15) is 0 Å². The van der Waals surface area contributed by atoms with E-state index in [0.717, 1.165) is 29.5 Å². The first-order chi connectivity index (χ1) is 12.9. The van der Waals surface area contributed by atoms with Crippen LogP contribution in [0.2, 0.25) is 0 Å². The van der Waals surface area contributed by atoms with Crippen molar-refractivity contribution < 1.29 is 18.7 Å². The molecule has 2 aromatic rings. The van der Waals surface area contributed by atoms with Gasteiger partial charge in [-0.3, -0.25) is 0 Å². The van der Waals surface area contributed by atoms with E-state index in [1.54, 1.807) is 24.3 Å². The van der Waals surface area contributed by atoms with E-state index >= 15 is 0 Å². The van der Waals surface area contributed by atoms with Gasteiger partial charge >= 0.3 is 5.97 Å². The number of carbonyl (C=O) groups is 1. The van der Waals surface area contributed by atoms with Crippen molar-refractivity contribution in [1.82, 2.24) is 0 Å². The second kappa shape index (κ2) is 7.55. The Hall–Kier alpha value is -2.62. The summed E-state index contributed by atoms with van der Waals surface area (Å²) in [6.07, 6.45) is 4.17. The Morgan fingerprint density at radius 3 is 2.52 bits per heavy atom. The molecule has 2 aromatic carbocycles. The number of ether oxygens (including phenoxy) is 2. The molecular weight excluding hydrogens is 343 g/mol. The molecule has 3 rings (SSSR count). The third kappa shape index (κ3) is 3.75. The van der Waals surface area contributed by atoms with Crippen LogP contribution in [0.4, 0.5) is 4.39 Å². The molecule has 0 atom stereocenters. The fraction of sp³-hybridized carbons (Fsp3) is 0.348. The molecule has 0 fully saturated rings. The third-order valence-electron chi connectivity index (χ3n) is 5.12.